The molecule has 0 bridgehead atoms. The number of carbonyl (C=O) groups excluding carboxylic acids is 1. The standard InChI is InChI=1S/C21H25N7O/c1-3-15-13-28-14-22-18(12-19(28)23-15)26-8-10-27(11-9-26)21(29)20-16-6-4-5-7-17(16)25(2)24-20/h4-7,12,14-15H,3,8-11,13H2,1-2H3/t15-/m1/s1. The van der Waals surface area contributed by atoms with Gasteiger partial charge in [-0.15, -0.1) is 0 Å². The fraction of sp³-hybridized carbons (Fsp3) is 0.429. The van der Waals surface area contributed by atoms with E-state index < -0.39 is 0 Å². The summed E-state index contributed by atoms with van der Waals surface area (Å²) in [6, 6.07) is 8.22. The summed E-state index contributed by atoms with van der Waals surface area (Å²) in [7, 11) is 1.88. The Morgan fingerprint density at radius 3 is 2.76 bits per heavy atom. The van der Waals surface area contributed by atoms with Crippen LogP contribution in [0.25, 0.3) is 10.9 Å². The van der Waals surface area contributed by atoms with Gasteiger partial charge in [-0.2, -0.15) is 5.10 Å². The largest absolute Gasteiger partial charge is 0.353 e. The molecule has 0 aliphatic carbocycles. The van der Waals surface area contributed by atoms with E-state index in [0.29, 0.717) is 24.8 Å². The maximum Gasteiger partial charge on any atom is 0.275 e. The maximum atomic E-state index is 13.1. The van der Waals surface area contributed by atoms with Crippen LogP contribution in [0.15, 0.2) is 46.1 Å². The van der Waals surface area contributed by atoms with E-state index in [-0.39, 0.29) is 5.91 Å². The number of benzene rings is 1. The Morgan fingerprint density at radius 1 is 1.17 bits per heavy atom. The summed E-state index contributed by atoms with van der Waals surface area (Å²) in [6.45, 7) is 5.90. The lowest BCUT2D eigenvalue weighted by molar-refractivity contribution is 0.0663. The highest BCUT2D eigenvalue weighted by Crippen LogP contribution is 2.22. The van der Waals surface area contributed by atoms with Crippen molar-refractivity contribution in [3.8, 4) is 0 Å². The van der Waals surface area contributed by atoms with Crippen molar-refractivity contribution in [3.63, 3.8) is 0 Å². The number of fused-ring (bicyclic) bond motifs is 2. The van der Waals surface area contributed by atoms with Crippen molar-refractivity contribution in [2.24, 2.45) is 17.0 Å². The number of rotatable bonds is 3. The summed E-state index contributed by atoms with van der Waals surface area (Å²) >= 11 is 0. The number of amidine groups is 1. The van der Waals surface area contributed by atoms with Crippen LogP contribution in [0.5, 0.6) is 0 Å². The fourth-order valence-electron chi connectivity index (χ4n) is 4.18. The third-order valence-electron chi connectivity index (χ3n) is 5.93. The molecule has 5 rings (SSSR count). The average molecular weight is 391 g/mol. The van der Waals surface area contributed by atoms with Crippen molar-refractivity contribution >= 4 is 29.0 Å². The van der Waals surface area contributed by atoms with E-state index in [9.17, 15) is 4.79 Å². The van der Waals surface area contributed by atoms with Gasteiger partial charge in [0, 0.05) is 51.2 Å². The van der Waals surface area contributed by atoms with Crippen LogP contribution in [0, 0.1) is 0 Å². The van der Waals surface area contributed by atoms with Crippen molar-refractivity contribution in [2.45, 2.75) is 19.4 Å². The predicted octanol–water partition coefficient (Wildman–Crippen LogP) is 1.71. The first-order valence-corrected chi connectivity index (χ1v) is 10.2. The zero-order valence-corrected chi connectivity index (χ0v) is 16.8. The highest BCUT2D eigenvalue weighted by molar-refractivity contribution is 6.05. The van der Waals surface area contributed by atoms with Crippen molar-refractivity contribution in [1.29, 1.82) is 0 Å². The van der Waals surface area contributed by atoms with E-state index in [1.54, 1.807) is 4.68 Å². The Balaban J connectivity index is 1.28. The topological polar surface area (TPSA) is 69.3 Å². The molecule has 2 aromatic rings. The second-order valence-electron chi connectivity index (χ2n) is 7.72. The summed E-state index contributed by atoms with van der Waals surface area (Å²) in [5.41, 5.74) is 1.51. The molecular weight excluding hydrogens is 366 g/mol. The molecule has 3 aliphatic rings. The van der Waals surface area contributed by atoms with Crippen LogP contribution in [0.2, 0.25) is 0 Å². The molecule has 1 atom stereocenters. The smallest absolute Gasteiger partial charge is 0.275 e. The van der Waals surface area contributed by atoms with Crippen LogP contribution < -0.4 is 0 Å². The van der Waals surface area contributed by atoms with Crippen molar-refractivity contribution in [1.82, 2.24) is 24.5 Å². The Morgan fingerprint density at radius 2 is 1.97 bits per heavy atom. The molecule has 0 spiro atoms. The first-order chi connectivity index (χ1) is 14.1. The maximum absolute atomic E-state index is 13.1. The molecule has 4 heterocycles. The van der Waals surface area contributed by atoms with Crippen molar-refractivity contribution in [3.05, 3.63) is 41.9 Å². The lowest BCUT2D eigenvalue weighted by atomic mass is 10.2. The van der Waals surface area contributed by atoms with Gasteiger partial charge in [0.05, 0.1) is 17.9 Å². The molecule has 1 aromatic heterocycles. The molecule has 150 valence electrons. The van der Waals surface area contributed by atoms with E-state index in [1.807, 2.05) is 42.6 Å². The zero-order chi connectivity index (χ0) is 20.0. The van der Waals surface area contributed by atoms with Gasteiger partial charge in [-0.05, 0) is 12.5 Å². The first kappa shape index (κ1) is 17.9. The van der Waals surface area contributed by atoms with Crippen LogP contribution in [0.3, 0.4) is 0 Å². The molecule has 3 aliphatic heterocycles. The summed E-state index contributed by atoms with van der Waals surface area (Å²) in [4.78, 5) is 28.7. The van der Waals surface area contributed by atoms with Gasteiger partial charge >= 0.3 is 0 Å². The fourth-order valence-corrected chi connectivity index (χ4v) is 4.18. The lowest BCUT2D eigenvalue weighted by Crippen LogP contribution is -2.48. The molecule has 0 saturated carbocycles. The summed E-state index contributed by atoms with van der Waals surface area (Å²) in [5, 5.41) is 5.39. The number of amides is 1. The van der Waals surface area contributed by atoms with Gasteiger partial charge in [0.15, 0.2) is 5.69 Å². The highest BCUT2D eigenvalue weighted by Gasteiger charge is 2.29. The van der Waals surface area contributed by atoms with Gasteiger partial charge in [0.25, 0.3) is 5.91 Å². The Bertz CT molecular complexity index is 1040. The van der Waals surface area contributed by atoms with E-state index in [0.717, 1.165) is 48.6 Å². The van der Waals surface area contributed by atoms with Crippen LogP contribution in [0.4, 0.5) is 0 Å². The Labute approximate surface area is 169 Å². The van der Waals surface area contributed by atoms with Crippen molar-refractivity contribution in [2.75, 3.05) is 32.7 Å². The molecule has 1 amide bonds. The molecule has 29 heavy (non-hydrogen) atoms. The van der Waals surface area contributed by atoms with Gasteiger partial charge in [-0.3, -0.25) is 14.5 Å². The molecule has 8 nitrogen and oxygen atoms in total. The SMILES string of the molecule is CC[C@@H]1CN2C=NC(N3CCN(C(=O)c4nn(C)c5ccccc45)CC3)=CC2=N1. The molecule has 0 radical (unpaired) electrons. The van der Waals surface area contributed by atoms with Crippen LogP contribution >= 0.6 is 0 Å². The molecule has 1 aromatic carbocycles. The monoisotopic (exact) mass is 391 g/mol. The van der Waals surface area contributed by atoms with E-state index >= 15 is 0 Å². The number of piperazine rings is 1. The van der Waals surface area contributed by atoms with Gasteiger partial charge in [-0.1, -0.05) is 25.1 Å². The van der Waals surface area contributed by atoms with E-state index in [2.05, 4.69) is 32.9 Å². The van der Waals surface area contributed by atoms with Gasteiger partial charge in [0.1, 0.15) is 11.7 Å². The minimum Gasteiger partial charge on any atom is -0.353 e. The van der Waals surface area contributed by atoms with Crippen molar-refractivity contribution < 1.29 is 4.79 Å². The normalized spacial score (nSPS) is 21.4. The van der Waals surface area contributed by atoms with Gasteiger partial charge < -0.3 is 14.7 Å². The quantitative estimate of drug-likeness (QED) is 0.799. The number of para-hydroxylation sites is 1. The molecule has 0 N–H and O–H groups in total. The molecule has 0 unspecified atom stereocenters. The highest BCUT2D eigenvalue weighted by atomic mass is 16.2. The van der Waals surface area contributed by atoms with Gasteiger partial charge in [0.2, 0.25) is 0 Å². The molecule has 8 heteroatoms. The third-order valence-corrected chi connectivity index (χ3v) is 5.93. The minimum atomic E-state index is -0.000273. The Kier molecular flexibility index (Phi) is 4.34. The molecular formula is C21H25N7O. The van der Waals surface area contributed by atoms with Crippen LogP contribution in [-0.2, 0) is 7.05 Å². The van der Waals surface area contributed by atoms with Crippen LogP contribution in [-0.4, -0.2) is 81.3 Å². The first-order valence-electron chi connectivity index (χ1n) is 10.2. The number of aryl methyl sites for hydroxylation is 1. The van der Waals surface area contributed by atoms with E-state index in [1.165, 1.54) is 0 Å². The number of hydrogen-bond donors (Lipinski definition) is 0. The van der Waals surface area contributed by atoms with Crippen LogP contribution in [0.1, 0.15) is 23.8 Å². The minimum absolute atomic E-state index is 0.000273. The second-order valence-corrected chi connectivity index (χ2v) is 7.72. The molecule has 1 fully saturated rings. The van der Waals surface area contributed by atoms with E-state index in [4.69, 9.17) is 4.99 Å². The number of hydrogen-bond acceptors (Lipinski definition) is 6. The lowest BCUT2D eigenvalue weighted by Gasteiger charge is -2.36. The second kappa shape index (κ2) is 7.02. The summed E-state index contributed by atoms with van der Waals surface area (Å²) in [5.74, 6) is 1.94. The number of aromatic nitrogens is 2. The summed E-state index contributed by atoms with van der Waals surface area (Å²) in [6.07, 6.45) is 5.00. The van der Waals surface area contributed by atoms with Gasteiger partial charge in [-0.25, -0.2) is 4.99 Å². The predicted molar refractivity (Wildman–Crippen MR) is 113 cm³/mol. The summed E-state index contributed by atoms with van der Waals surface area (Å²) < 4.78 is 1.78. The zero-order valence-electron chi connectivity index (χ0n) is 16.8. The Hall–Kier alpha value is -3.16. The average Bonchev–Trinajstić information content (AvgIpc) is 3.34. The third kappa shape index (κ3) is 3.08. The number of aliphatic imine (C=N–C) groups is 2. The number of carbonyl (C=O) groups is 1. The number of nitrogens with zero attached hydrogens (tertiary/aromatic N) is 7. The molecule has 1 saturated heterocycles.